The van der Waals surface area contributed by atoms with Crippen LogP contribution in [0.25, 0.3) is 22.5 Å². The average Bonchev–Trinajstić information content (AvgIpc) is 2.75. The Hall–Kier alpha value is -3.32. The molecule has 0 aliphatic carbocycles. The highest BCUT2D eigenvalue weighted by Gasteiger charge is 2.18. The van der Waals surface area contributed by atoms with Gasteiger partial charge >= 0.3 is 0 Å². The van der Waals surface area contributed by atoms with E-state index in [4.69, 9.17) is 10.5 Å². The normalized spacial score (nSPS) is 14.1. The van der Waals surface area contributed by atoms with Crippen molar-refractivity contribution >= 4 is 11.7 Å². The summed E-state index contributed by atoms with van der Waals surface area (Å²) in [5, 5.41) is 0. The van der Waals surface area contributed by atoms with Gasteiger partial charge in [0.25, 0.3) is 5.91 Å². The van der Waals surface area contributed by atoms with Crippen molar-refractivity contribution in [2.24, 2.45) is 0 Å². The lowest BCUT2D eigenvalue weighted by atomic mass is 10.1. The van der Waals surface area contributed by atoms with E-state index >= 15 is 0 Å². The zero-order valence-corrected chi connectivity index (χ0v) is 14.7. The van der Waals surface area contributed by atoms with Gasteiger partial charge in [-0.05, 0) is 24.3 Å². The molecule has 0 atom stereocenters. The van der Waals surface area contributed by atoms with Crippen LogP contribution in [0.1, 0.15) is 10.4 Å². The van der Waals surface area contributed by atoms with Gasteiger partial charge in [0.15, 0.2) is 0 Å². The lowest BCUT2D eigenvalue weighted by molar-refractivity contribution is 0.0303. The molecule has 136 valence electrons. The molecule has 3 aromatic rings. The number of benzene rings is 1. The molecular formula is C20H19N5O2. The maximum Gasteiger partial charge on any atom is 0.254 e. The van der Waals surface area contributed by atoms with Crippen molar-refractivity contribution in [1.82, 2.24) is 19.9 Å². The molecule has 7 nitrogen and oxygen atoms in total. The number of nitrogen functional groups attached to an aromatic ring is 1. The van der Waals surface area contributed by atoms with Gasteiger partial charge in [0.05, 0.1) is 25.1 Å². The fourth-order valence-electron chi connectivity index (χ4n) is 2.98. The molecule has 0 spiro atoms. The predicted molar refractivity (Wildman–Crippen MR) is 102 cm³/mol. The minimum atomic E-state index is 0.00742. The standard InChI is InChI=1S/C20H19N5O2/c21-19-18(24-17(13-23-19)16-2-1-7-22-12-16)14-3-5-15(6-4-14)20(26)25-8-10-27-11-9-25/h1-7,12-13H,8-11H2,(H2,21,23). The first-order valence-electron chi connectivity index (χ1n) is 8.73. The summed E-state index contributed by atoms with van der Waals surface area (Å²) >= 11 is 0. The first-order chi connectivity index (χ1) is 13.2. The van der Waals surface area contributed by atoms with Gasteiger partial charge in [0.1, 0.15) is 11.5 Å². The smallest absolute Gasteiger partial charge is 0.254 e. The third kappa shape index (κ3) is 3.63. The molecule has 1 aliphatic rings. The third-order valence-electron chi connectivity index (χ3n) is 4.46. The summed E-state index contributed by atoms with van der Waals surface area (Å²) in [6, 6.07) is 11.1. The average molecular weight is 361 g/mol. The molecule has 1 aromatic carbocycles. The summed E-state index contributed by atoms with van der Waals surface area (Å²) in [4.78, 5) is 27.4. The molecule has 0 bridgehead atoms. The van der Waals surface area contributed by atoms with E-state index in [0.29, 0.717) is 49.1 Å². The molecule has 1 amide bonds. The highest BCUT2D eigenvalue weighted by Crippen LogP contribution is 2.26. The number of ether oxygens (including phenoxy) is 1. The van der Waals surface area contributed by atoms with Crippen LogP contribution < -0.4 is 5.73 Å². The van der Waals surface area contributed by atoms with Gasteiger partial charge in [-0.15, -0.1) is 0 Å². The van der Waals surface area contributed by atoms with Crippen LogP contribution >= 0.6 is 0 Å². The maximum atomic E-state index is 12.6. The van der Waals surface area contributed by atoms with E-state index in [1.54, 1.807) is 35.6 Å². The van der Waals surface area contributed by atoms with Crippen molar-refractivity contribution in [1.29, 1.82) is 0 Å². The van der Waals surface area contributed by atoms with E-state index < -0.39 is 0 Å². The van der Waals surface area contributed by atoms with Crippen molar-refractivity contribution in [3.63, 3.8) is 0 Å². The Morgan fingerprint density at radius 1 is 1.04 bits per heavy atom. The van der Waals surface area contributed by atoms with Crippen LogP contribution in [0.5, 0.6) is 0 Å². The van der Waals surface area contributed by atoms with Crippen LogP contribution in [0.3, 0.4) is 0 Å². The Bertz CT molecular complexity index is 938. The van der Waals surface area contributed by atoms with E-state index in [9.17, 15) is 4.79 Å². The molecule has 1 aliphatic heterocycles. The fourth-order valence-corrected chi connectivity index (χ4v) is 2.98. The first kappa shape index (κ1) is 17.1. The summed E-state index contributed by atoms with van der Waals surface area (Å²) < 4.78 is 5.30. The summed E-state index contributed by atoms with van der Waals surface area (Å²) in [5.74, 6) is 0.350. The largest absolute Gasteiger partial charge is 0.382 e. The van der Waals surface area contributed by atoms with Crippen LogP contribution in [0.4, 0.5) is 5.82 Å². The second kappa shape index (κ2) is 7.51. The topological polar surface area (TPSA) is 94.2 Å². The van der Waals surface area contributed by atoms with Gasteiger partial charge in [-0.3, -0.25) is 9.78 Å². The van der Waals surface area contributed by atoms with Gasteiger partial charge in [-0.2, -0.15) is 0 Å². The number of nitrogens with two attached hydrogens (primary N) is 1. The summed E-state index contributed by atoms with van der Waals surface area (Å²) in [7, 11) is 0. The van der Waals surface area contributed by atoms with Crippen LogP contribution in [-0.2, 0) is 4.74 Å². The Balaban J connectivity index is 1.61. The van der Waals surface area contributed by atoms with Crippen LogP contribution in [0.2, 0.25) is 0 Å². The van der Waals surface area contributed by atoms with E-state index in [-0.39, 0.29) is 5.91 Å². The second-order valence-electron chi connectivity index (χ2n) is 6.21. The monoisotopic (exact) mass is 361 g/mol. The molecule has 2 N–H and O–H groups in total. The predicted octanol–water partition coefficient (Wildman–Crippen LogP) is 2.26. The van der Waals surface area contributed by atoms with Gasteiger partial charge in [-0.25, -0.2) is 9.97 Å². The zero-order chi connectivity index (χ0) is 18.6. The van der Waals surface area contributed by atoms with Gasteiger partial charge in [0, 0.05) is 42.2 Å². The number of hydrogen-bond acceptors (Lipinski definition) is 6. The van der Waals surface area contributed by atoms with E-state index in [0.717, 1.165) is 11.1 Å². The molecule has 27 heavy (non-hydrogen) atoms. The number of aromatic nitrogens is 3. The van der Waals surface area contributed by atoms with Gasteiger partial charge < -0.3 is 15.4 Å². The highest BCUT2D eigenvalue weighted by atomic mass is 16.5. The quantitative estimate of drug-likeness (QED) is 0.769. The Morgan fingerprint density at radius 2 is 1.81 bits per heavy atom. The van der Waals surface area contributed by atoms with Crippen LogP contribution in [0, 0.1) is 0 Å². The minimum Gasteiger partial charge on any atom is -0.382 e. The molecule has 3 heterocycles. The van der Waals surface area contributed by atoms with Crippen molar-refractivity contribution < 1.29 is 9.53 Å². The summed E-state index contributed by atoms with van der Waals surface area (Å²) in [6.07, 6.45) is 5.07. The van der Waals surface area contributed by atoms with E-state index in [2.05, 4.69) is 15.0 Å². The van der Waals surface area contributed by atoms with Crippen LogP contribution in [-0.4, -0.2) is 52.1 Å². The first-order valence-corrected chi connectivity index (χ1v) is 8.73. The van der Waals surface area contributed by atoms with E-state index in [1.165, 1.54) is 0 Å². The number of pyridine rings is 1. The Kier molecular flexibility index (Phi) is 4.76. The number of amides is 1. The molecule has 2 aromatic heterocycles. The van der Waals surface area contributed by atoms with E-state index in [1.807, 2.05) is 24.3 Å². The number of carbonyl (C=O) groups excluding carboxylic acids is 1. The van der Waals surface area contributed by atoms with Crippen molar-refractivity contribution in [3.8, 4) is 22.5 Å². The van der Waals surface area contributed by atoms with Crippen molar-refractivity contribution in [2.75, 3.05) is 32.0 Å². The number of carbonyl (C=O) groups is 1. The fraction of sp³-hybridized carbons (Fsp3) is 0.200. The van der Waals surface area contributed by atoms with Gasteiger partial charge in [-0.1, -0.05) is 12.1 Å². The number of hydrogen-bond donors (Lipinski definition) is 1. The number of nitrogens with zero attached hydrogens (tertiary/aromatic N) is 4. The second-order valence-corrected chi connectivity index (χ2v) is 6.21. The summed E-state index contributed by atoms with van der Waals surface area (Å²) in [6.45, 7) is 2.40. The number of rotatable bonds is 3. The van der Waals surface area contributed by atoms with Crippen molar-refractivity contribution in [2.45, 2.75) is 0 Å². The molecule has 1 saturated heterocycles. The third-order valence-corrected chi connectivity index (χ3v) is 4.46. The minimum absolute atomic E-state index is 0.00742. The Morgan fingerprint density at radius 3 is 2.52 bits per heavy atom. The number of morpholine rings is 1. The zero-order valence-electron chi connectivity index (χ0n) is 14.7. The summed E-state index contributed by atoms with van der Waals surface area (Å²) in [5.41, 5.74) is 9.63. The lowest BCUT2D eigenvalue weighted by Crippen LogP contribution is -2.40. The van der Waals surface area contributed by atoms with Crippen LogP contribution in [0.15, 0.2) is 55.0 Å². The molecule has 0 radical (unpaired) electrons. The molecule has 1 fully saturated rings. The molecule has 7 heteroatoms. The SMILES string of the molecule is Nc1ncc(-c2cccnc2)nc1-c1ccc(C(=O)N2CCOCC2)cc1. The number of anilines is 1. The Labute approximate surface area is 156 Å². The van der Waals surface area contributed by atoms with Crippen molar-refractivity contribution in [3.05, 3.63) is 60.6 Å². The maximum absolute atomic E-state index is 12.6. The molecule has 0 unspecified atom stereocenters. The molecule has 0 saturated carbocycles. The lowest BCUT2D eigenvalue weighted by Gasteiger charge is -2.26. The highest BCUT2D eigenvalue weighted by molar-refractivity contribution is 5.95. The molecule has 4 rings (SSSR count). The molecular weight excluding hydrogens is 342 g/mol. The van der Waals surface area contributed by atoms with Gasteiger partial charge in [0.2, 0.25) is 0 Å².